The number of hydrogen-bond acceptors (Lipinski definition) is 3. The number of methoxy groups -OCH3 is 1. The Balaban J connectivity index is 2.89. The Bertz CT molecular complexity index is 450. The third-order valence-electron chi connectivity index (χ3n) is 3.29. The van der Waals surface area contributed by atoms with Crippen LogP contribution in [-0.2, 0) is 0 Å². The van der Waals surface area contributed by atoms with E-state index < -0.39 is 0 Å². The van der Waals surface area contributed by atoms with Crippen LogP contribution in [0.4, 0.5) is 0 Å². The normalized spacial score (nSPS) is 13.7. The zero-order chi connectivity index (χ0) is 14.5. The summed E-state index contributed by atoms with van der Waals surface area (Å²) in [5.41, 5.74) is -0.0255. The highest BCUT2D eigenvalue weighted by Crippen LogP contribution is 2.24. The maximum absolute atomic E-state index is 12.2. The topological polar surface area (TPSA) is 58.6 Å². The van der Waals surface area contributed by atoms with Crippen LogP contribution in [0.1, 0.15) is 37.0 Å². The molecule has 1 rings (SSSR count). The van der Waals surface area contributed by atoms with Gasteiger partial charge in [0.05, 0.1) is 12.7 Å². The molecule has 19 heavy (non-hydrogen) atoms. The van der Waals surface area contributed by atoms with Crippen molar-refractivity contribution in [2.45, 2.75) is 32.2 Å². The highest BCUT2D eigenvalue weighted by Gasteiger charge is 2.25. The number of alkyl halides is 1. The number of carbonyl (C=O) groups is 1. The van der Waals surface area contributed by atoms with Gasteiger partial charge in [0, 0.05) is 16.9 Å². The van der Waals surface area contributed by atoms with Crippen molar-refractivity contribution in [3.63, 3.8) is 0 Å². The van der Waals surface area contributed by atoms with E-state index in [9.17, 15) is 9.90 Å². The molecule has 106 valence electrons. The molecule has 5 heteroatoms. The van der Waals surface area contributed by atoms with Crippen LogP contribution < -0.4 is 10.1 Å². The number of amides is 1. The average Bonchev–Trinajstić information content (AvgIpc) is 2.38. The van der Waals surface area contributed by atoms with Gasteiger partial charge in [-0.1, -0.05) is 22.9 Å². The predicted octanol–water partition coefficient (Wildman–Crippen LogP) is 3.08. The first-order valence-electron chi connectivity index (χ1n) is 6.21. The maximum Gasteiger partial charge on any atom is 0.255 e. The molecule has 0 saturated heterocycles. The fraction of sp³-hybridized carbons (Fsp3) is 0.500. The first-order chi connectivity index (χ1) is 8.95. The van der Waals surface area contributed by atoms with Crippen LogP contribution in [-0.4, -0.2) is 29.0 Å². The number of benzene rings is 1. The number of hydrogen-bond donors (Lipinski definition) is 2. The van der Waals surface area contributed by atoms with Crippen LogP contribution >= 0.6 is 15.9 Å². The van der Waals surface area contributed by atoms with Gasteiger partial charge < -0.3 is 15.2 Å². The van der Waals surface area contributed by atoms with E-state index in [0.29, 0.717) is 5.75 Å². The monoisotopic (exact) mass is 329 g/mol. The quantitative estimate of drug-likeness (QED) is 0.788. The van der Waals surface area contributed by atoms with Crippen LogP contribution in [0.2, 0.25) is 0 Å². The van der Waals surface area contributed by atoms with Crippen LogP contribution in [0.5, 0.6) is 11.5 Å². The van der Waals surface area contributed by atoms with Gasteiger partial charge >= 0.3 is 0 Å². The van der Waals surface area contributed by atoms with Gasteiger partial charge in [0.15, 0.2) is 0 Å². The molecule has 0 aliphatic heterocycles. The molecule has 0 bridgehead atoms. The largest absolute Gasteiger partial charge is 0.507 e. The van der Waals surface area contributed by atoms with Gasteiger partial charge in [0.2, 0.25) is 0 Å². The molecular formula is C14H20BrNO3. The highest BCUT2D eigenvalue weighted by atomic mass is 79.9. The third kappa shape index (κ3) is 4.13. The summed E-state index contributed by atoms with van der Waals surface area (Å²) in [7, 11) is 1.51. The summed E-state index contributed by atoms with van der Waals surface area (Å²) in [5.74, 6) is 0.173. The first-order valence-corrected chi connectivity index (χ1v) is 7.33. The summed E-state index contributed by atoms with van der Waals surface area (Å²) in [5, 5.41) is 13.6. The minimum atomic E-state index is -0.285. The lowest BCUT2D eigenvalue weighted by Gasteiger charge is -2.29. The minimum absolute atomic E-state index is 0.0749. The zero-order valence-corrected chi connectivity index (χ0v) is 13.1. The van der Waals surface area contributed by atoms with Crippen molar-refractivity contribution in [1.82, 2.24) is 5.32 Å². The lowest BCUT2D eigenvalue weighted by molar-refractivity contribution is 0.0899. The fourth-order valence-electron chi connectivity index (χ4n) is 1.71. The molecule has 1 unspecified atom stereocenters. The number of aromatic hydroxyl groups is 1. The number of ether oxygens (including phenoxy) is 1. The molecule has 0 aliphatic carbocycles. The van der Waals surface area contributed by atoms with Crippen LogP contribution in [0, 0.1) is 0 Å². The number of carbonyl (C=O) groups excluding carboxylic acids is 1. The second kappa shape index (κ2) is 6.80. The van der Waals surface area contributed by atoms with Gasteiger partial charge in [-0.3, -0.25) is 4.79 Å². The molecule has 4 nitrogen and oxygen atoms in total. The molecule has 0 heterocycles. The summed E-state index contributed by atoms with van der Waals surface area (Å²) in [6.07, 6.45) is 1.65. The molecular weight excluding hydrogens is 310 g/mol. The molecule has 1 aromatic rings. The molecule has 1 aromatic carbocycles. The Morgan fingerprint density at radius 2 is 2.21 bits per heavy atom. The fourth-order valence-corrected chi connectivity index (χ4v) is 2.58. The van der Waals surface area contributed by atoms with Gasteiger partial charge in [0.1, 0.15) is 11.5 Å². The van der Waals surface area contributed by atoms with Crippen molar-refractivity contribution >= 4 is 21.8 Å². The Hall–Kier alpha value is -1.23. The van der Waals surface area contributed by atoms with Crippen molar-refractivity contribution in [1.29, 1.82) is 0 Å². The first kappa shape index (κ1) is 15.8. The van der Waals surface area contributed by atoms with Crippen LogP contribution in [0.3, 0.4) is 0 Å². The highest BCUT2D eigenvalue weighted by molar-refractivity contribution is 9.09. The van der Waals surface area contributed by atoms with Crippen LogP contribution in [0.15, 0.2) is 18.2 Å². The second-order valence-corrected chi connectivity index (χ2v) is 5.48. The summed E-state index contributed by atoms with van der Waals surface area (Å²) in [6, 6.07) is 4.65. The molecule has 2 N–H and O–H groups in total. The molecule has 0 saturated carbocycles. The summed E-state index contributed by atoms with van der Waals surface area (Å²) in [6.45, 7) is 4.02. The van der Waals surface area contributed by atoms with E-state index in [4.69, 9.17) is 4.74 Å². The van der Waals surface area contributed by atoms with E-state index in [1.165, 1.54) is 13.2 Å². The number of nitrogens with one attached hydrogen (secondary N) is 1. The second-order valence-electron chi connectivity index (χ2n) is 4.69. The van der Waals surface area contributed by atoms with E-state index >= 15 is 0 Å². The molecule has 0 spiro atoms. The van der Waals surface area contributed by atoms with Crippen molar-refractivity contribution in [2.75, 3.05) is 12.4 Å². The lowest BCUT2D eigenvalue weighted by Crippen LogP contribution is -2.45. The standard InChI is InChI=1S/C14H20BrNO3/c1-4-14(2,7-8-15)16-13(18)11-6-5-10(19-3)9-12(11)17/h5-6,9,17H,4,7-8H2,1-3H3,(H,16,18). The van der Waals surface area contributed by atoms with E-state index in [2.05, 4.69) is 21.2 Å². The number of rotatable bonds is 6. The Labute approximate surface area is 122 Å². The summed E-state index contributed by atoms with van der Waals surface area (Å²) < 4.78 is 4.99. The molecule has 0 radical (unpaired) electrons. The summed E-state index contributed by atoms with van der Waals surface area (Å²) >= 11 is 3.39. The van der Waals surface area contributed by atoms with E-state index in [-0.39, 0.29) is 22.8 Å². The Kier molecular flexibility index (Phi) is 5.66. The van der Waals surface area contributed by atoms with Crippen LogP contribution in [0.25, 0.3) is 0 Å². The zero-order valence-electron chi connectivity index (χ0n) is 11.5. The van der Waals surface area contributed by atoms with Crippen molar-refractivity contribution < 1.29 is 14.6 Å². The number of phenols is 1. The van der Waals surface area contributed by atoms with Gasteiger partial charge in [-0.2, -0.15) is 0 Å². The van der Waals surface area contributed by atoms with E-state index in [1.807, 2.05) is 13.8 Å². The van der Waals surface area contributed by atoms with Gasteiger partial charge in [-0.25, -0.2) is 0 Å². The molecule has 0 aliphatic rings. The van der Waals surface area contributed by atoms with E-state index in [0.717, 1.165) is 18.2 Å². The van der Waals surface area contributed by atoms with Crippen molar-refractivity contribution in [3.8, 4) is 11.5 Å². The average molecular weight is 330 g/mol. The van der Waals surface area contributed by atoms with Crippen molar-refractivity contribution in [3.05, 3.63) is 23.8 Å². The van der Waals surface area contributed by atoms with Crippen molar-refractivity contribution in [2.24, 2.45) is 0 Å². The lowest BCUT2D eigenvalue weighted by atomic mass is 9.95. The number of halogens is 1. The predicted molar refractivity (Wildman–Crippen MR) is 79.2 cm³/mol. The Morgan fingerprint density at radius 3 is 2.68 bits per heavy atom. The maximum atomic E-state index is 12.2. The smallest absolute Gasteiger partial charge is 0.255 e. The molecule has 0 aromatic heterocycles. The van der Waals surface area contributed by atoms with Gasteiger partial charge in [-0.15, -0.1) is 0 Å². The number of phenolic OH excluding ortho intramolecular Hbond substituents is 1. The summed E-state index contributed by atoms with van der Waals surface area (Å²) in [4.78, 5) is 12.2. The third-order valence-corrected chi connectivity index (χ3v) is 3.69. The molecule has 1 amide bonds. The molecule has 1 atom stereocenters. The Morgan fingerprint density at radius 1 is 1.53 bits per heavy atom. The minimum Gasteiger partial charge on any atom is -0.507 e. The SMILES string of the molecule is CCC(C)(CCBr)NC(=O)c1ccc(OC)cc1O. The van der Waals surface area contributed by atoms with Gasteiger partial charge in [-0.05, 0) is 31.9 Å². The van der Waals surface area contributed by atoms with Gasteiger partial charge in [0.25, 0.3) is 5.91 Å². The van der Waals surface area contributed by atoms with E-state index in [1.54, 1.807) is 12.1 Å². The molecule has 0 fully saturated rings.